The van der Waals surface area contributed by atoms with Crippen LogP contribution in [-0.2, 0) is 9.59 Å². The lowest BCUT2D eigenvalue weighted by molar-refractivity contribution is -0.136. The summed E-state index contributed by atoms with van der Waals surface area (Å²) in [6, 6.07) is 6.88. The fourth-order valence-electron chi connectivity index (χ4n) is 1.19. The van der Waals surface area contributed by atoms with E-state index in [0.717, 1.165) is 0 Å². The maximum atomic E-state index is 11.6. The van der Waals surface area contributed by atoms with Crippen LogP contribution in [-0.4, -0.2) is 28.0 Å². The summed E-state index contributed by atoms with van der Waals surface area (Å²) in [5, 5.41) is 11.4. The number of amides is 1. The highest BCUT2D eigenvalue weighted by Crippen LogP contribution is 2.16. The molecule has 6 heteroatoms. The molecule has 2 N–H and O–H groups in total. The van der Waals surface area contributed by atoms with Crippen molar-refractivity contribution >= 4 is 40.9 Å². The Hall–Kier alpha value is -1.20. The summed E-state index contributed by atoms with van der Waals surface area (Å²) < 4.78 is 0. The van der Waals surface area contributed by atoms with Gasteiger partial charge in [0.05, 0.1) is 5.25 Å². The minimum Gasteiger partial charge on any atom is -0.480 e. The van der Waals surface area contributed by atoms with Crippen molar-refractivity contribution in [3.63, 3.8) is 0 Å². The van der Waals surface area contributed by atoms with Crippen molar-refractivity contribution in [3.05, 3.63) is 29.3 Å². The van der Waals surface area contributed by atoms with E-state index in [-0.39, 0.29) is 12.3 Å². The molecule has 0 bridgehead atoms. The first-order valence-corrected chi connectivity index (χ1v) is 6.81. The largest absolute Gasteiger partial charge is 0.480 e. The lowest BCUT2D eigenvalue weighted by Crippen LogP contribution is -2.15. The van der Waals surface area contributed by atoms with Gasteiger partial charge in [0, 0.05) is 22.9 Å². The summed E-state index contributed by atoms with van der Waals surface area (Å²) >= 11 is 7.03. The lowest BCUT2D eigenvalue weighted by atomic mass is 10.3. The van der Waals surface area contributed by atoms with Gasteiger partial charge in [-0.15, -0.1) is 11.8 Å². The fourth-order valence-corrected chi connectivity index (χ4v) is 2.18. The van der Waals surface area contributed by atoms with Crippen LogP contribution in [0.15, 0.2) is 24.3 Å². The van der Waals surface area contributed by atoms with Crippen LogP contribution >= 0.6 is 23.4 Å². The quantitative estimate of drug-likeness (QED) is 0.844. The van der Waals surface area contributed by atoms with Gasteiger partial charge in [0.2, 0.25) is 5.91 Å². The number of carbonyl (C=O) groups excluding carboxylic acids is 1. The first-order valence-electron chi connectivity index (χ1n) is 5.39. The molecule has 0 saturated heterocycles. The predicted molar refractivity (Wildman–Crippen MR) is 74.3 cm³/mol. The molecule has 1 aromatic rings. The second-order valence-corrected chi connectivity index (χ2v) is 5.54. The van der Waals surface area contributed by atoms with Crippen LogP contribution in [0.25, 0.3) is 0 Å². The Morgan fingerprint density at radius 1 is 1.50 bits per heavy atom. The van der Waals surface area contributed by atoms with E-state index in [1.54, 1.807) is 31.2 Å². The molecule has 0 fully saturated rings. The molecular weight excluding hydrogens is 274 g/mol. The third-order valence-corrected chi connectivity index (χ3v) is 3.53. The van der Waals surface area contributed by atoms with Gasteiger partial charge < -0.3 is 10.4 Å². The second kappa shape index (κ2) is 7.28. The summed E-state index contributed by atoms with van der Waals surface area (Å²) in [5.41, 5.74) is 0.642. The standard InChI is InChI=1S/C12H14ClNO3S/c1-8(12(16)17)18-6-5-11(15)14-10-4-2-3-9(13)7-10/h2-4,7-8H,5-6H2,1H3,(H,14,15)(H,16,17). The number of hydrogen-bond donors (Lipinski definition) is 2. The van der Waals surface area contributed by atoms with Crippen molar-refractivity contribution in [3.8, 4) is 0 Å². The average molecular weight is 288 g/mol. The highest BCUT2D eigenvalue weighted by molar-refractivity contribution is 8.00. The number of anilines is 1. The second-order valence-electron chi connectivity index (χ2n) is 3.66. The average Bonchev–Trinajstić information content (AvgIpc) is 2.28. The van der Waals surface area contributed by atoms with Gasteiger partial charge >= 0.3 is 5.97 Å². The third kappa shape index (κ3) is 5.42. The number of nitrogens with one attached hydrogen (secondary N) is 1. The number of carboxylic acids is 1. The van der Waals surface area contributed by atoms with Crippen LogP contribution in [0.4, 0.5) is 5.69 Å². The number of rotatable bonds is 6. The number of carbonyl (C=O) groups is 2. The minimum atomic E-state index is -0.866. The SMILES string of the molecule is CC(SCCC(=O)Nc1cccc(Cl)c1)C(=O)O. The maximum Gasteiger partial charge on any atom is 0.316 e. The van der Waals surface area contributed by atoms with Gasteiger partial charge in [-0.2, -0.15) is 0 Å². The Labute approximate surface area is 115 Å². The topological polar surface area (TPSA) is 66.4 Å². The van der Waals surface area contributed by atoms with Crippen molar-refractivity contribution in [1.82, 2.24) is 0 Å². The van der Waals surface area contributed by atoms with Crippen molar-refractivity contribution in [2.75, 3.05) is 11.1 Å². The van der Waals surface area contributed by atoms with E-state index in [1.807, 2.05) is 0 Å². The maximum absolute atomic E-state index is 11.6. The van der Waals surface area contributed by atoms with Crippen LogP contribution in [0.1, 0.15) is 13.3 Å². The zero-order valence-corrected chi connectivity index (χ0v) is 11.4. The number of benzene rings is 1. The van der Waals surface area contributed by atoms with Crippen LogP contribution in [0, 0.1) is 0 Å². The van der Waals surface area contributed by atoms with Gasteiger partial charge in [-0.3, -0.25) is 9.59 Å². The molecule has 0 aliphatic carbocycles. The third-order valence-electron chi connectivity index (χ3n) is 2.15. The number of carboxylic acid groups (broad SMARTS) is 1. The molecule has 1 rings (SSSR count). The Morgan fingerprint density at radius 3 is 2.83 bits per heavy atom. The molecule has 0 radical (unpaired) electrons. The molecule has 0 aliphatic rings. The molecule has 0 aromatic heterocycles. The van der Waals surface area contributed by atoms with Crippen molar-refractivity contribution in [1.29, 1.82) is 0 Å². The van der Waals surface area contributed by atoms with Crippen molar-refractivity contribution in [2.45, 2.75) is 18.6 Å². The van der Waals surface area contributed by atoms with Gasteiger partial charge in [-0.05, 0) is 25.1 Å². The fraction of sp³-hybridized carbons (Fsp3) is 0.333. The zero-order valence-electron chi connectivity index (χ0n) is 9.85. The van der Waals surface area contributed by atoms with E-state index < -0.39 is 11.2 Å². The Bertz CT molecular complexity index is 439. The Morgan fingerprint density at radius 2 is 2.22 bits per heavy atom. The number of halogens is 1. The van der Waals surface area contributed by atoms with Crippen LogP contribution in [0.5, 0.6) is 0 Å². The normalized spacial score (nSPS) is 11.9. The first-order chi connectivity index (χ1) is 8.49. The van der Waals surface area contributed by atoms with E-state index in [2.05, 4.69) is 5.32 Å². The summed E-state index contributed by atoms with van der Waals surface area (Å²) in [6.07, 6.45) is 0.273. The molecule has 1 atom stereocenters. The molecule has 18 heavy (non-hydrogen) atoms. The van der Waals surface area contributed by atoms with Crippen LogP contribution in [0.2, 0.25) is 5.02 Å². The van der Waals surface area contributed by atoms with Gasteiger partial charge in [0.25, 0.3) is 0 Å². The van der Waals surface area contributed by atoms with Gasteiger partial charge in [0.1, 0.15) is 0 Å². The smallest absolute Gasteiger partial charge is 0.316 e. The molecule has 0 saturated carbocycles. The summed E-state index contributed by atoms with van der Waals surface area (Å²) in [7, 11) is 0. The van der Waals surface area contributed by atoms with Crippen molar-refractivity contribution in [2.24, 2.45) is 0 Å². The number of aliphatic carboxylic acids is 1. The molecule has 0 heterocycles. The Kier molecular flexibility index (Phi) is 6.01. The molecular formula is C12H14ClNO3S. The highest BCUT2D eigenvalue weighted by atomic mass is 35.5. The number of hydrogen-bond acceptors (Lipinski definition) is 3. The van der Waals surface area contributed by atoms with Gasteiger partial charge in [-0.1, -0.05) is 17.7 Å². The predicted octanol–water partition coefficient (Wildman–Crippen LogP) is 2.87. The van der Waals surface area contributed by atoms with Crippen LogP contribution in [0.3, 0.4) is 0 Å². The summed E-state index contributed by atoms with van der Waals surface area (Å²) in [4.78, 5) is 22.1. The van der Waals surface area contributed by atoms with Gasteiger partial charge in [0.15, 0.2) is 0 Å². The monoisotopic (exact) mass is 287 g/mol. The molecule has 98 valence electrons. The molecule has 0 spiro atoms. The van der Waals surface area contributed by atoms with E-state index in [1.165, 1.54) is 11.8 Å². The number of thioether (sulfide) groups is 1. The molecule has 1 unspecified atom stereocenters. The zero-order chi connectivity index (χ0) is 13.5. The minimum absolute atomic E-state index is 0.151. The molecule has 1 aromatic carbocycles. The molecule has 0 aliphatic heterocycles. The van der Waals surface area contributed by atoms with E-state index in [4.69, 9.17) is 16.7 Å². The Balaban J connectivity index is 2.32. The lowest BCUT2D eigenvalue weighted by Gasteiger charge is -2.07. The highest BCUT2D eigenvalue weighted by Gasteiger charge is 2.11. The molecule has 4 nitrogen and oxygen atoms in total. The molecule has 1 amide bonds. The van der Waals surface area contributed by atoms with E-state index in [9.17, 15) is 9.59 Å². The van der Waals surface area contributed by atoms with E-state index >= 15 is 0 Å². The van der Waals surface area contributed by atoms with Crippen LogP contribution < -0.4 is 5.32 Å². The summed E-state index contributed by atoms with van der Waals surface area (Å²) in [6.45, 7) is 1.60. The summed E-state index contributed by atoms with van der Waals surface area (Å²) in [5.74, 6) is -0.544. The van der Waals surface area contributed by atoms with Crippen molar-refractivity contribution < 1.29 is 14.7 Å². The van der Waals surface area contributed by atoms with Gasteiger partial charge in [-0.25, -0.2) is 0 Å². The first kappa shape index (κ1) is 14.9. The van der Waals surface area contributed by atoms with E-state index in [0.29, 0.717) is 16.5 Å².